The van der Waals surface area contributed by atoms with Crippen molar-refractivity contribution in [3.63, 3.8) is 0 Å². The predicted molar refractivity (Wildman–Crippen MR) is 68.0 cm³/mol. The maximum Gasteiger partial charge on any atom is 0.0522 e. The normalized spacial score (nSPS) is 20.2. The molecule has 0 saturated carbocycles. The maximum atomic E-state index is 6.02. The minimum atomic E-state index is 0.532. The van der Waals surface area contributed by atoms with E-state index in [9.17, 15) is 0 Å². The summed E-state index contributed by atoms with van der Waals surface area (Å²) in [6.07, 6.45) is 0. The maximum absolute atomic E-state index is 6.02. The summed E-state index contributed by atoms with van der Waals surface area (Å²) in [5.41, 5.74) is 6.87. The number of hydrogen-bond acceptors (Lipinski definition) is 3. The van der Waals surface area contributed by atoms with Crippen LogP contribution in [0.4, 0.5) is 5.69 Å². The van der Waals surface area contributed by atoms with E-state index in [-0.39, 0.29) is 0 Å². The van der Waals surface area contributed by atoms with Crippen LogP contribution in [0.25, 0.3) is 0 Å². The second kappa shape index (κ2) is 4.64. The summed E-state index contributed by atoms with van der Waals surface area (Å²) in [6.45, 7) is 3.81. The lowest BCUT2D eigenvalue weighted by atomic mass is 10.2. The number of rotatable bonds is 2. The van der Waals surface area contributed by atoms with Crippen molar-refractivity contribution in [1.82, 2.24) is 0 Å². The van der Waals surface area contributed by atoms with E-state index < -0.39 is 0 Å². The number of nitrogens with zero attached hydrogens (tertiary/aromatic N) is 1. The van der Waals surface area contributed by atoms with Crippen LogP contribution in [-0.2, 0) is 0 Å². The van der Waals surface area contributed by atoms with Crippen LogP contribution in [0.2, 0.25) is 5.02 Å². The highest BCUT2D eigenvalue weighted by Crippen LogP contribution is 2.38. The molecule has 2 rings (SSSR count). The predicted octanol–water partition coefficient (Wildman–Crippen LogP) is 2.60. The molecular formula is C11H15ClN2S. The van der Waals surface area contributed by atoms with E-state index in [1.54, 1.807) is 0 Å². The van der Waals surface area contributed by atoms with Crippen LogP contribution < -0.4 is 10.6 Å². The van der Waals surface area contributed by atoms with Crippen LogP contribution >= 0.6 is 23.4 Å². The molecule has 0 aliphatic carbocycles. The largest absolute Gasteiger partial charge is 0.366 e. The van der Waals surface area contributed by atoms with Crippen LogP contribution in [0, 0.1) is 0 Å². The topological polar surface area (TPSA) is 29.3 Å². The van der Waals surface area contributed by atoms with Gasteiger partial charge >= 0.3 is 0 Å². The second-order valence-corrected chi connectivity index (χ2v) is 5.25. The number of halogens is 1. The zero-order valence-electron chi connectivity index (χ0n) is 8.74. The van der Waals surface area contributed by atoms with Crippen LogP contribution in [0.3, 0.4) is 0 Å². The fourth-order valence-corrected chi connectivity index (χ4v) is 3.11. The van der Waals surface area contributed by atoms with Gasteiger partial charge in [-0.3, -0.25) is 0 Å². The van der Waals surface area contributed by atoms with Crippen molar-refractivity contribution in [2.75, 3.05) is 23.7 Å². The molecule has 1 unspecified atom stereocenters. The van der Waals surface area contributed by atoms with E-state index >= 15 is 0 Å². The minimum absolute atomic E-state index is 0.532. The van der Waals surface area contributed by atoms with Crippen molar-refractivity contribution in [2.45, 2.75) is 17.9 Å². The number of fused-ring (bicyclic) bond motifs is 1. The van der Waals surface area contributed by atoms with Crippen molar-refractivity contribution >= 4 is 29.1 Å². The Morgan fingerprint density at radius 1 is 1.60 bits per heavy atom. The molecule has 0 aromatic heterocycles. The van der Waals surface area contributed by atoms with Gasteiger partial charge in [0.15, 0.2) is 0 Å². The lowest BCUT2D eigenvalue weighted by Crippen LogP contribution is -2.40. The van der Waals surface area contributed by atoms with Crippen LogP contribution in [-0.4, -0.2) is 24.9 Å². The van der Waals surface area contributed by atoms with E-state index in [2.05, 4.69) is 17.9 Å². The minimum Gasteiger partial charge on any atom is -0.366 e. The lowest BCUT2D eigenvalue weighted by Gasteiger charge is -2.36. The van der Waals surface area contributed by atoms with E-state index in [1.807, 2.05) is 23.9 Å². The molecular weight excluding hydrogens is 228 g/mol. The average Bonchev–Trinajstić information content (AvgIpc) is 2.23. The van der Waals surface area contributed by atoms with Crippen molar-refractivity contribution in [2.24, 2.45) is 5.73 Å². The molecule has 15 heavy (non-hydrogen) atoms. The quantitative estimate of drug-likeness (QED) is 0.865. The summed E-state index contributed by atoms with van der Waals surface area (Å²) in [5, 5.41) is 0.797. The summed E-state index contributed by atoms with van der Waals surface area (Å²) >= 11 is 7.92. The van der Waals surface area contributed by atoms with E-state index in [4.69, 9.17) is 17.3 Å². The van der Waals surface area contributed by atoms with Gasteiger partial charge in [0.05, 0.1) is 5.69 Å². The van der Waals surface area contributed by atoms with E-state index in [1.165, 1.54) is 10.6 Å². The van der Waals surface area contributed by atoms with Gasteiger partial charge in [-0.25, -0.2) is 0 Å². The van der Waals surface area contributed by atoms with E-state index in [0.717, 1.165) is 17.3 Å². The first-order chi connectivity index (χ1) is 7.22. The first-order valence-corrected chi connectivity index (χ1v) is 6.48. The first kappa shape index (κ1) is 11.1. The average molecular weight is 243 g/mol. The third kappa shape index (κ3) is 2.25. The molecule has 4 heteroatoms. The van der Waals surface area contributed by atoms with Gasteiger partial charge in [-0.1, -0.05) is 11.6 Å². The zero-order chi connectivity index (χ0) is 10.8. The summed E-state index contributed by atoms with van der Waals surface area (Å²) in [5.74, 6) is 1.12. The number of hydrogen-bond donors (Lipinski definition) is 1. The highest BCUT2D eigenvalue weighted by Gasteiger charge is 2.22. The summed E-state index contributed by atoms with van der Waals surface area (Å²) in [6, 6.07) is 6.61. The second-order valence-electron chi connectivity index (χ2n) is 3.75. The van der Waals surface area contributed by atoms with Gasteiger partial charge in [-0.2, -0.15) is 0 Å². The molecule has 1 aliphatic heterocycles. The first-order valence-electron chi connectivity index (χ1n) is 5.11. The van der Waals surface area contributed by atoms with Gasteiger partial charge in [-0.15, -0.1) is 11.8 Å². The molecule has 1 aromatic rings. The highest BCUT2D eigenvalue weighted by atomic mass is 35.5. The molecule has 2 nitrogen and oxygen atoms in total. The third-order valence-corrected chi connectivity index (χ3v) is 4.15. The third-order valence-electron chi connectivity index (χ3n) is 2.61. The lowest BCUT2D eigenvalue weighted by molar-refractivity contribution is 0.678. The standard InChI is InChI=1S/C11H15ClN2S/c1-8-7-15-11-3-2-9(12)6-10(11)14(8)5-4-13/h2-3,6,8H,4-5,7,13H2,1H3. The Bertz CT molecular complexity index is 356. The molecule has 0 amide bonds. The summed E-state index contributed by atoms with van der Waals surface area (Å²) < 4.78 is 0. The number of anilines is 1. The fraction of sp³-hybridized carbons (Fsp3) is 0.455. The molecule has 2 N–H and O–H groups in total. The Morgan fingerprint density at radius 3 is 3.13 bits per heavy atom. The Labute approximate surface area is 99.8 Å². The number of thioether (sulfide) groups is 1. The van der Waals surface area contributed by atoms with Crippen molar-refractivity contribution in [3.8, 4) is 0 Å². The van der Waals surface area contributed by atoms with Gasteiger partial charge in [0.25, 0.3) is 0 Å². The molecule has 82 valence electrons. The van der Waals surface area contributed by atoms with Crippen molar-refractivity contribution in [1.29, 1.82) is 0 Å². The summed E-state index contributed by atoms with van der Waals surface area (Å²) in [4.78, 5) is 3.66. The molecule has 0 fully saturated rings. The Morgan fingerprint density at radius 2 is 2.40 bits per heavy atom. The monoisotopic (exact) mass is 242 g/mol. The van der Waals surface area contributed by atoms with Crippen LogP contribution in [0.1, 0.15) is 6.92 Å². The summed E-state index contributed by atoms with van der Waals surface area (Å²) in [7, 11) is 0. The molecule has 0 spiro atoms. The molecule has 0 bridgehead atoms. The number of nitrogens with two attached hydrogens (primary N) is 1. The van der Waals surface area contributed by atoms with Gasteiger partial charge in [0.1, 0.15) is 0 Å². The van der Waals surface area contributed by atoms with Crippen LogP contribution in [0.5, 0.6) is 0 Å². The van der Waals surface area contributed by atoms with Gasteiger partial charge in [-0.05, 0) is 25.1 Å². The highest BCUT2D eigenvalue weighted by molar-refractivity contribution is 7.99. The molecule has 0 saturated heterocycles. The Balaban J connectivity index is 2.36. The fourth-order valence-electron chi connectivity index (χ4n) is 1.85. The molecule has 1 aliphatic rings. The van der Waals surface area contributed by atoms with Crippen molar-refractivity contribution < 1.29 is 0 Å². The van der Waals surface area contributed by atoms with Gasteiger partial charge in [0.2, 0.25) is 0 Å². The molecule has 1 heterocycles. The number of benzene rings is 1. The molecule has 0 radical (unpaired) electrons. The molecule has 1 atom stereocenters. The van der Waals surface area contributed by atoms with E-state index in [0.29, 0.717) is 12.6 Å². The van der Waals surface area contributed by atoms with Crippen molar-refractivity contribution in [3.05, 3.63) is 23.2 Å². The Hall–Kier alpha value is -0.380. The zero-order valence-corrected chi connectivity index (χ0v) is 10.3. The van der Waals surface area contributed by atoms with Gasteiger partial charge < -0.3 is 10.6 Å². The van der Waals surface area contributed by atoms with Crippen LogP contribution in [0.15, 0.2) is 23.1 Å². The smallest absolute Gasteiger partial charge is 0.0522 e. The van der Waals surface area contributed by atoms with Gasteiger partial charge in [0, 0.05) is 34.8 Å². The molecule has 1 aromatic carbocycles. The SMILES string of the molecule is CC1CSc2ccc(Cl)cc2N1CCN. The Kier molecular flexibility index (Phi) is 3.44.